The fourth-order valence-electron chi connectivity index (χ4n) is 4.09. The van der Waals surface area contributed by atoms with Gasteiger partial charge in [-0.15, -0.1) is 0 Å². The zero-order valence-electron chi connectivity index (χ0n) is 17.7. The zero-order chi connectivity index (χ0) is 19.6. The van der Waals surface area contributed by atoms with Gasteiger partial charge >= 0.3 is 5.97 Å². The minimum absolute atomic E-state index is 0.0919. The van der Waals surface area contributed by atoms with E-state index in [1.165, 1.54) is 56.9 Å². The molecule has 2 atom stereocenters. The molecule has 3 nitrogen and oxygen atoms in total. The van der Waals surface area contributed by atoms with E-state index in [1.807, 2.05) is 32.9 Å². The van der Waals surface area contributed by atoms with Crippen LogP contribution < -0.4 is 0 Å². The number of carbonyl (C=O) groups excluding carboxylic acids is 1. The van der Waals surface area contributed by atoms with Crippen LogP contribution in [0.2, 0.25) is 0 Å². The number of unbranched alkanes of at least 4 members (excludes halogenated alkanes) is 2. The molecular formula is C24H38O3. The molecule has 0 aliphatic heterocycles. The van der Waals surface area contributed by atoms with E-state index in [0.717, 1.165) is 5.92 Å². The standard InChI is InChI=1S/C24H38O3/c1-5-7-8-9-20-10-12-21(13-11-20)22-14-16-23(17-15-22)24(25)27-19(4)18(3)26-6-2/h14-21H,5-13H2,1-4H3/t18?,19?,20-,21-. The fourth-order valence-corrected chi connectivity index (χ4v) is 4.09. The predicted molar refractivity (Wildman–Crippen MR) is 111 cm³/mol. The summed E-state index contributed by atoms with van der Waals surface area (Å²) in [7, 11) is 0. The Balaban J connectivity index is 1.82. The molecule has 1 fully saturated rings. The van der Waals surface area contributed by atoms with Gasteiger partial charge in [-0.05, 0) is 76.0 Å². The molecule has 2 rings (SSSR count). The van der Waals surface area contributed by atoms with Gasteiger partial charge in [-0.1, -0.05) is 44.7 Å². The van der Waals surface area contributed by atoms with Gasteiger partial charge in [0.2, 0.25) is 0 Å². The van der Waals surface area contributed by atoms with Crippen LogP contribution >= 0.6 is 0 Å². The fraction of sp³-hybridized carbons (Fsp3) is 0.708. The quantitative estimate of drug-likeness (QED) is 0.346. The first kappa shape index (κ1) is 21.9. The van der Waals surface area contributed by atoms with Gasteiger partial charge < -0.3 is 9.47 Å². The minimum atomic E-state index is -0.264. The molecule has 27 heavy (non-hydrogen) atoms. The summed E-state index contributed by atoms with van der Waals surface area (Å²) in [6.45, 7) is 8.66. The molecule has 2 unspecified atom stereocenters. The van der Waals surface area contributed by atoms with Gasteiger partial charge in [-0.2, -0.15) is 0 Å². The third-order valence-corrected chi connectivity index (χ3v) is 6.06. The van der Waals surface area contributed by atoms with E-state index in [1.54, 1.807) is 0 Å². The molecule has 0 spiro atoms. The number of benzene rings is 1. The lowest BCUT2D eigenvalue weighted by atomic mass is 9.77. The van der Waals surface area contributed by atoms with E-state index in [-0.39, 0.29) is 18.2 Å². The molecular weight excluding hydrogens is 336 g/mol. The van der Waals surface area contributed by atoms with Gasteiger partial charge in [-0.25, -0.2) is 4.79 Å². The van der Waals surface area contributed by atoms with Crippen LogP contribution in [0.4, 0.5) is 0 Å². The Bertz CT molecular complexity index is 543. The molecule has 152 valence electrons. The lowest BCUT2D eigenvalue weighted by molar-refractivity contribution is -0.0342. The van der Waals surface area contributed by atoms with Crippen LogP contribution in [-0.4, -0.2) is 24.8 Å². The highest BCUT2D eigenvalue weighted by atomic mass is 16.6. The molecule has 0 radical (unpaired) electrons. The van der Waals surface area contributed by atoms with Crippen molar-refractivity contribution in [3.05, 3.63) is 35.4 Å². The second-order valence-electron chi connectivity index (χ2n) is 8.11. The third kappa shape index (κ3) is 6.95. The molecule has 3 heteroatoms. The lowest BCUT2D eigenvalue weighted by Crippen LogP contribution is -2.28. The Kier molecular flexibility index (Phi) is 9.33. The van der Waals surface area contributed by atoms with Crippen molar-refractivity contribution in [2.75, 3.05) is 6.61 Å². The summed E-state index contributed by atoms with van der Waals surface area (Å²) in [5.41, 5.74) is 2.00. The van der Waals surface area contributed by atoms with Gasteiger partial charge in [0, 0.05) is 6.61 Å². The lowest BCUT2D eigenvalue weighted by Gasteiger charge is -2.29. The predicted octanol–water partition coefficient (Wildman–Crippen LogP) is 6.51. The van der Waals surface area contributed by atoms with Crippen molar-refractivity contribution in [3.63, 3.8) is 0 Å². The average molecular weight is 375 g/mol. The highest BCUT2D eigenvalue weighted by molar-refractivity contribution is 5.89. The van der Waals surface area contributed by atoms with Crippen LogP contribution in [0.25, 0.3) is 0 Å². The summed E-state index contributed by atoms with van der Waals surface area (Å²) in [6.07, 6.45) is 10.4. The summed E-state index contributed by atoms with van der Waals surface area (Å²) in [5.74, 6) is 1.31. The normalized spacial score (nSPS) is 22.2. The van der Waals surface area contributed by atoms with Crippen molar-refractivity contribution in [3.8, 4) is 0 Å². The van der Waals surface area contributed by atoms with Crippen LogP contribution in [0.15, 0.2) is 24.3 Å². The molecule has 1 saturated carbocycles. The van der Waals surface area contributed by atoms with Gasteiger partial charge in [0.15, 0.2) is 0 Å². The van der Waals surface area contributed by atoms with E-state index in [9.17, 15) is 4.79 Å². The van der Waals surface area contributed by atoms with Crippen molar-refractivity contribution in [1.82, 2.24) is 0 Å². The Labute approximate surface area is 165 Å². The van der Waals surface area contributed by atoms with Gasteiger partial charge in [0.25, 0.3) is 0 Å². The third-order valence-electron chi connectivity index (χ3n) is 6.06. The van der Waals surface area contributed by atoms with Crippen molar-refractivity contribution < 1.29 is 14.3 Å². The second kappa shape index (κ2) is 11.5. The van der Waals surface area contributed by atoms with Crippen molar-refractivity contribution in [1.29, 1.82) is 0 Å². The highest BCUT2D eigenvalue weighted by Gasteiger charge is 2.23. The largest absolute Gasteiger partial charge is 0.456 e. The first-order valence-corrected chi connectivity index (χ1v) is 11.0. The van der Waals surface area contributed by atoms with Crippen LogP contribution in [0, 0.1) is 5.92 Å². The van der Waals surface area contributed by atoms with Crippen LogP contribution in [0.1, 0.15) is 101 Å². The molecule has 1 aliphatic rings. The molecule has 1 aromatic rings. The van der Waals surface area contributed by atoms with E-state index in [0.29, 0.717) is 18.1 Å². The monoisotopic (exact) mass is 374 g/mol. The number of ether oxygens (including phenoxy) is 2. The minimum Gasteiger partial charge on any atom is -0.456 e. The van der Waals surface area contributed by atoms with Crippen molar-refractivity contribution >= 4 is 5.97 Å². The van der Waals surface area contributed by atoms with Gasteiger partial charge in [-0.3, -0.25) is 0 Å². The number of esters is 1. The summed E-state index contributed by atoms with van der Waals surface area (Å²) in [6, 6.07) is 8.08. The molecule has 0 saturated heterocycles. The van der Waals surface area contributed by atoms with Gasteiger partial charge in [0.05, 0.1) is 11.7 Å². The first-order valence-electron chi connectivity index (χ1n) is 11.0. The summed E-state index contributed by atoms with van der Waals surface area (Å²) >= 11 is 0. The van der Waals surface area contributed by atoms with Gasteiger partial charge in [0.1, 0.15) is 6.10 Å². The molecule has 0 heterocycles. The number of hydrogen-bond donors (Lipinski definition) is 0. The smallest absolute Gasteiger partial charge is 0.338 e. The first-order chi connectivity index (χ1) is 13.0. The highest BCUT2D eigenvalue weighted by Crippen LogP contribution is 2.37. The number of rotatable bonds is 10. The van der Waals surface area contributed by atoms with Crippen molar-refractivity contribution in [2.45, 2.75) is 97.2 Å². The van der Waals surface area contributed by atoms with E-state index in [4.69, 9.17) is 9.47 Å². The Morgan fingerprint density at radius 3 is 2.26 bits per heavy atom. The average Bonchev–Trinajstić information content (AvgIpc) is 2.69. The zero-order valence-corrected chi connectivity index (χ0v) is 17.7. The van der Waals surface area contributed by atoms with E-state index < -0.39 is 0 Å². The molecule has 1 aliphatic carbocycles. The maximum absolute atomic E-state index is 12.3. The summed E-state index contributed by atoms with van der Waals surface area (Å²) in [5, 5.41) is 0. The molecule has 0 amide bonds. The topological polar surface area (TPSA) is 35.5 Å². The maximum atomic E-state index is 12.3. The molecule has 0 aromatic heterocycles. The second-order valence-corrected chi connectivity index (χ2v) is 8.11. The molecule has 0 N–H and O–H groups in total. The van der Waals surface area contributed by atoms with Crippen LogP contribution in [-0.2, 0) is 9.47 Å². The van der Waals surface area contributed by atoms with E-state index >= 15 is 0 Å². The Morgan fingerprint density at radius 1 is 1.00 bits per heavy atom. The molecule has 0 bridgehead atoms. The number of hydrogen-bond acceptors (Lipinski definition) is 3. The summed E-state index contributed by atoms with van der Waals surface area (Å²) < 4.78 is 11.0. The summed E-state index contributed by atoms with van der Waals surface area (Å²) in [4.78, 5) is 12.3. The van der Waals surface area contributed by atoms with Crippen LogP contribution in [0.3, 0.4) is 0 Å². The molecule has 1 aromatic carbocycles. The SMILES string of the molecule is CCCCC[C@H]1CC[C@H](c2ccc(C(=O)OC(C)C(C)OCC)cc2)CC1. The van der Waals surface area contributed by atoms with Crippen molar-refractivity contribution in [2.24, 2.45) is 5.92 Å². The van der Waals surface area contributed by atoms with E-state index in [2.05, 4.69) is 19.1 Å². The number of carbonyl (C=O) groups is 1. The Morgan fingerprint density at radius 2 is 1.67 bits per heavy atom. The van der Waals surface area contributed by atoms with Crippen LogP contribution in [0.5, 0.6) is 0 Å². The Hall–Kier alpha value is -1.35. The maximum Gasteiger partial charge on any atom is 0.338 e.